The third-order valence-electron chi connectivity index (χ3n) is 3.04. The van der Waals surface area contributed by atoms with Crippen LogP contribution in [0.3, 0.4) is 0 Å². The van der Waals surface area contributed by atoms with Crippen LogP contribution in [0.5, 0.6) is 0 Å². The molecule has 2 aromatic carbocycles. The number of nitrogens with one attached hydrogen (secondary N) is 1. The summed E-state index contributed by atoms with van der Waals surface area (Å²) in [7, 11) is 0. The Morgan fingerprint density at radius 2 is 1.60 bits per heavy atom. The van der Waals surface area contributed by atoms with Gasteiger partial charge in [-0.3, -0.25) is 0 Å². The smallest absolute Gasteiger partial charge is 0.198 e. The number of rotatable bonds is 5. The zero-order valence-electron chi connectivity index (χ0n) is 11.1. The van der Waals surface area contributed by atoms with Crippen LogP contribution in [0.1, 0.15) is 17.1 Å². The highest BCUT2D eigenvalue weighted by atomic mass is 16.3. The number of oxazole rings is 1. The van der Waals surface area contributed by atoms with E-state index in [1.807, 2.05) is 48.5 Å². The van der Waals surface area contributed by atoms with Crippen molar-refractivity contribution < 1.29 is 4.42 Å². The first-order valence-electron chi connectivity index (χ1n) is 6.66. The van der Waals surface area contributed by atoms with Crippen LogP contribution >= 0.6 is 0 Å². The van der Waals surface area contributed by atoms with E-state index in [2.05, 4.69) is 22.4 Å². The molecule has 0 atom stereocenters. The SMILES string of the molecule is c1ccc(Cc2nc(CNc3ccccc3)co2)cc1. The highest BCUT2D eigenvalue weighted by Crippen LogP contribution is 2.11. The van der Waals surface area contributed by atoms with Crippen molar-refractivity contribution in [2.75, 3.05) is 5.32 Å². The van der Waals surface area contributed by atoms with Crippen molar-refractivity contribution in [2.24, 2.45) is 0 Å². The van der Waals surface area contributed by atoms with Crippen molar-refractivity contribution in [3.8, 4) is 0 Å². The van der Waals surface area contributed by atoms with Crippen molar-refractivity contribution in [1.82, 2.24) is 4.98 Å². The summed E-state index contributed by atoms with van der Waals surface area (Å²) >= 11 is 0. The molecule has 3 heteroatoms. The van der Waals surface area contributed by atoms with Crippen LogP contribution < -0.4 is 5.32 Å². The molecule has 20 heavy (non-hydrogen) atoms. The number of hydrogen-bond acceptors (Lipinski definition) is 3. The van der Waals surface area contributed by atoms with Crippen molar-refractivity contribution in [2.45, 2.75) is 13.0 Å². The van der Waals surface area contributed by atoms with Gasteiger partial charge in [-0.15, -0.1) is 0 Å². The Hall–Kier alpha value is -2.55. The second-order valence-corrected chi connectivity index (χ2v) is 4.61. The highest BCUT2D eigenvalue weighted by molar-refractivity contribution is 5.42. The Labute approximate surface area is 118 Å². The molecule has 0 amide bonds. The van der Waals surface area contributed by atoms with Gasteiger partial charge in [-0.1, -0.05) is 48.5 Å². The average molecular weight is 264 g/mol. The molecule has 0 unspecified atom stereocenters. The van der Waals surface area contributed by atoms with Gasteiger partial charge in [0.2, 0.25) is 0 Å². The maximum atomic E-state index is 5.51. The van der Waals surface area contributed by atoms with Gasteiger partial charge in [0.1, 0.15) is 6.26 Å². The maximum Gasteiger partial charge on any atom is 0.198 e. The normalized spacial score (nSPS) is 10.4. The quantitative estimate of drug-likeness (QED) is 0.760. The highest BCUT2D eigenvalue weighted by Gasteiger charge is 2.04. The van der Waals surface area contributed by atoms with Gasteiger partial charge in [0.15, 0.2) is 5.89 Å². The molecule has 3 nitrogen and oxygen atoms in total. The third-order valence-corrected chi connectivity index (χ3v) is 3.04. The molecular weight excluding hydrogens is 248 g/mol. The van der Waals surface area contributed by atoms with Gasteiger partial charge in [-0.25, -0.2) is 4.98 Å². The molecule has 100 valence electrons. The van der Waals surface area contributed by atoms with Crippen molar-refractivity contribution >= 4 is 5.69 Å². The van der Waals surface area contributed by atoms with Crippen LogP contribution in [-0.4, -0.2) is 4.98 Å². The Balaban J connectivity index is 1.60. The largest absolute Gasteiger partial charge is 0.448 e. The lowest BCUT2D eigenvalue weighted by molar-refractivity contribution is 0.506. The first kappa shape index (κ1) is 12.5. The van der Waals surface area contributed by atoms with Gasteiger partial charge in [-0.2, -0.15) is 0 Å². The summed E-state index contributed by atoms with van der Waals surface area (Å²) < 4.78 is 5.51. The number of benzene rings is 2. The topological polar surface area (TPSA) is 38.1 Å². The Morgan fingerprint density at radius 1 is 0.900 bits per heavy atom. The van der Waals surface area contributed by atoms with Crippen LogP contribution in [-0.2, 0) is 13.0 Å². The van der Waals surface area contributed by atoms with Gasteiger partial charge < -0.3 is 9.73 Å². The van der Waals surface area contributed by atoms with E-state index < -0.39 is 0 Å². The minimum absolute atomic E-state index is 0.669. The summed E-state index contributed by atoms with van der Waals surface area (Å²) in [5.41, 5.74) is 3.21. The zero-order valence-corrected chi connectivity index (χ0v) is 11.1. The predicted molar refractivity (Wildman–Crippen MR) is 79.5 cm³/mol. The molecule has 1 aromatic heterocycles. The van der Waals surface area contributed by atoms with Crippen LogP contribution in [0.25, 0.3) is 0 Å². The summed E-state index contributed by atoms with van der Waals surface area (Å²) in [6.07, 6.45) is 2.44. The van der Waals surface area contributed by atoms with Gasteiger partial charge in [-0.05, 0) is 17.7 Å². The molecule has 0 saturated heterocycles. The molecular formula is C17H16N2O. The predicted octanol–water partition coefficient (Wildman–Crippen LogP) is 3.88. The number of nitrogens with zero attached hydrogens (tertiary/aromatic N) is 1. The lowest BCUT2D eigenvalue weighted by Gasteiger charge is -2.02. The fourth-order valence-corrected chi connectivity index (χ4v) is 2.03. The van der Waals surface area contributed by atoms with Gasteiger partial charge in [0.05, 0.1) is 12.2 Å². The molecule has 0 aliphatic heterocycles. The van der Waals surface area contributed by atoms with Gasteiger partial charge in [0.25, 0.3) is 0 Å². The monoisotopic (exact) mass is 264 g/mol. The molecule has 0 saturated carbocycles. The van der Waals surface area contributed by atoms with Crippen molar-refractivity contribution in [1.29, 1.82) is 0 Å². The van der Waals surface area contributed by atoms with E-state index in [9.17, 15) is 0 Å². The van der Waals surface area contributed by atoms with Crippen LogP contribution in [0.4, 0.5) is 5.69 Å². The van der Waals surface area contributed by atoms with Gasteiger partial charge >= 0.3 is 0 Å². The molecule has 0 aliphatic carbocycles. The molecule has 0 fully saturated rings. The zero-order chi connectivity index (χ0) is 13.6. The third kappa shape index (κ3) is 3.26. The van der Waals surface area contributed by atoms with E-state index in [1.165, 1.54) is 5.56 Å². The summed E-state index contributed by atoms with van der Waals surface area (Å²) in [4.78, 5) is 4.49. The summed E-state index contributed by atoms with van der Waals surface area (Å²) in [6, 6.07) is 20.3. The summed E-state index contributed by atoms with van der Waals surface area (Å²) in [6.45, 7) is 0.669. The maximum absolute atomic E-state index is 5.51. The van der Waals surface area contributed by atoms with Crippen LogP contribution in [0, 0.1) is 0 Å². The van der Waals surface area contributed by atoms with Crippen LogP contribution in [0.2, 0.25) is 0 Å². The van der Waals surface area contributed by atoms with Gasteiger partial charge in [0, 0.05) is 12.1 Å². The molecule has 0 bridgehead atoms. The molecule has 0 radical (unpaired) electrons. The fourth-order valence-electron chi connectivity index (χ4n) is 2.03. The van der Waals surface area contributed by atoms with Crippen molar-refractivity contribution in [3.05, 3.63) is 84.1 Å². The molecule has 1 heterocycles. The standard InChI is InChI=1S/C17H16N2O/c1-3-7-14(8-4-1)11-17-19-16(13-20-17)12-18-15-9-5-2-6-10-15/h1-10,13,18H,11-12H2. The van der Waals surface area contributed by atoms with E-state index >= 15 is 0 Å². The minimum atomic E-state index is 0.669. The van der Waals surface area contributed by atoms with E-state index in [0.29, 0.717) is 6.54 Å². The Bertz CT molecular complexity index is 647. The molecule has 0 aliphatic rings. The van der Waals surface area contributed by atoms with E-state index in [-0.39, 0.29) is 0 Å². The number of aromatic nitrogens is 1. The number of para-hydroxylation sites is 1. The summed E-state index contributed by atoms with van der Waals surface area (Å²) in [5, 5.41) is 3.32. The minimum Gasteiger partial charge on any atom is -0.448 e. The van der Waals surface area contributed by atoms with E-state index in [0.717, 1.165) is 23.7 Å². The Morgan fingerprint density at radius 3 is 2.35 bits per heavy atom. The van der Waals surface area contributed by atoms with Crippen LogP contribution in [0.15, 0.2) is 71.3 Å². The Kier molecular flexibility index (Phi) is 3.78. The fraction of sp³-hybridized carbons (Fsp3) is 0.118. The van der Waals surface area contributed by atoms with Crippen molar-refractivity contribution in [3.63, 3.8) is 0 Å². The second kappa shape index (κ2) is 6.06. The van der Waals surface area contributed by atoms with E-state index in [1.54, 1.807) is 6.26 Å². The molecule has 0 spiro atoms. The number of anilines is 1. The molecule has 3 rings (SSSR count). The number of hydrogen-bond donors (Lipinski definition) is 1. The molecule has 3 aromatic rings. The van der Waals surface area contributed by atoms with E-state index in [4.69, 9.17) is 4.42 Å². The molecule has 1 N–H and O–H groups in total. The lowest BCUT2D eigenvalue weighted by Crippen LogP contribution is -1.99. The first-order valence-corrected chi connectivity index (χ1v) is 6.66. The summed E-state index contributed by atoms with van der Waals surface area (Å²) in [5.74, 6) is 0.751. The first-order chi connectivity index (χ1) is 9.90. The average Bonchev–Trinajstić information content (AvgIpc) is 2.95. The second-order valence-electron chi connectivity index (χ2n) is 4.61. The lowest BCUT2D eigenvalue weighted by atomic mass is 10.1.